The molecule has 0 bridgehead atoms. The third-order valence-corrected chi connectivity index (χ3v) is 4.81. The first kappa shape index (κ1) is 15.2. The van der Waals surface area contributed by atoms with Crippen LogP contribution in [0.25, 0.3) is 0 Å². The maximum atomic E-state index is 11.3. The lowest BCUT2D eigenvalue weighted by Gasteiger charge is -2.31. The molecule has 0 aromatic carbocycles. The average Bonchev–Trinajstić information content (AvgIpc) is 3.22. The first-order valence-corrected chi connectivity index (χ1v) is 8.49. The maximum absolute atomic E-state index is 11.3. The summed E-state index contributed by atoms with van der Waals surface area (Å²) in [6, 6.07) is 0. The summed E-state index contributed by atoms with van der Waals surface area (Å²) in [6.45, 7) is 3.80. The van der Waals surface area contributed by atoms with Crippen molar-refractivity contribution >= 4 is 10.7 Å². The summed E-state index contributed by atoms with van der Waals surface area (Å²) >= 11 is 0. The third kappa shape index (κ3) is 5.77. The fraction of sp³-hybridized carbons (Fsp3) is 0.923. The quantitative estimate of drug-likeness (QED) is 0.369. The summed E-state index contributed by atoms with van der Waals surface area (Å²) in [7, 11) is -2.38. The van der Waals surface area contributed by atoms with Crippen LogP contribution < -0.4 is 5.32 Å². The van der Waals surface area contributed by atoms with E-state index in [2.05, 4.69) is 16.6 Å². The standard InChI is InChI=1S/C13H25N2O3S/c16-19(17)13(15-8-2-1-3-9-15)6-7-14-11-18-10-12-4-5-12/h1,12-14,19H,2-11H2. The van der Waals surface area contributed by atoms with E-state index in [-0.39, 0.29) is 5.37 Å². The number of hydrogen-bond donors (Lipinski definition) is 2. The van der Waals surface area contributed by atoms with E-state index in [1.54, 1.807) is 0 Å². The Hall–Kier alpha value is -0.170. The van der Waals surface area contributed by atoms with Crippen molar-refractivity contribution in [1.82, 2.24) is 10.2 Å². The summed E-state index contributed by atoms with van der Waals surface area (Å²) in [4.78, 5) is 2.08. The van der Waals surface area contributed by atoms with Crippen LogP contribution in [0.1, 0.15) is 32.1 Å². The van der Waals surface area contributed by atoms with Crippen molar-refractivity contribution in [2.24, 2.45) is 5.92 Å². The van der Waals surface area contributed by atoms with Crippen molar-refractivity contribution in [1.29, 1.82) is 0 Å². The van der Waals surface area contributed by atoms with Gasteiger partial charge in [-0.15, -0.1) is 0 Å². The molecule has 0 aromatic rings. The van der Waals surface area contributed by atoms with Gasteiger partial charge in [-0.2, -0.15) is 0 Å². The molecular formula is C13H25N2O3S. The number of nitrogens with one attached hydrogen (secondary N) is 1. The number of ether oxygens (including phenoxy) is 1. The van der Waals surface area contributed by atoms with Gasteiger partial charge in [0.25, 0.3) is 0 Å². The van der Waals surface area contributed by atoms with Gasteiger partial charge < -0.3 is 4.74 Å². The predicted octanol–water partition coefficient (Wildman–Crippen LogP) is 0.588. The van der Waals surface area contributed by atoms with Crippen molar-refractivity contribution in [2.45, 2.75) is 37.5 Å². The molecule has 19 heavy (non-hydrogen) atoms. The molecule has 1 N–H and O–H groups in total. The van der Waals surface area contributed by atoms with Crippen LogP contribution in [0.4, 0.5) is 0 Å². The van der Waals surface area contributed by atoms with Crippen LogP contribution in [0.5, 0.6) is 0 Å². The highest BCUT2D eigenvalue weighted by Gasteiger charge is 2.23. The van der Waals surface area contributed by atoms with E-state index < -0.39 is 10.7 Å². The zero-order chi connectivity index (χ0) is 13.5. The molecule has 1 saturated carbocycles. The molecule has 0 amide bonds. The van der Waals surface area contributed by atoms with E-state index >= 15 is 0 Å². The van der Waals surface area contributed by atoms with E-state index in [4.69, 9.17) is 4.74 Å². The lowest BCUT2D eigenvalue weighted by Crippen LogP contribution is -2.41. The summed E-state index contributed by atoms with van der Waals surface area (Å²) < 4.78 is 28.1. The molecule has 0 spiro atoms. The molecule has 1 aliphatic heterocycles. The van der Waals surface area contributed by atoms with Gasteiger partial charge in [0.05, 0.1) is 13.3 Å². The lowest BCUT2D eigenvalue weighted by atomic mass is 10.1. The Labute approximate surface area is 117 Å². The van der Waals surface area contributed by atoms with Crippen molar-refractivity contribution in [3.63, 3.8) is 0 Å². The highest BCUT2D eigenvalue weighted by molar-refractivity contribution is 7.73. The van der Waals surface area contributed by atoms with Crippen LogP contribution in [0.15, 0.2) is 0 Å². The fourth-order valence-corrected chi connectivity index (χ4v) is 3.21. The fourth-order valence-electron chi connectivity index (χ4n) is 2.38. The SMILES string of the molecule is O=[SH](=O)C(CCNCOCC1CC1)N1CC[CH]CC1. The molecule has 111 valence electrons. The zero-order valence-electron chi connectivity index (χ0n) is 11.4. The number of hydrogen-bond acceptors (Lipinski definition) is 5. The Balaban J connectivity index is 1.59. The second kappa shape index (κ2) is 8.19. The minimum atomic E-state index is -2.38. The van der Waals surface area contributed by atoms with Crippen LogP contribution in [0.3, 0.4) is 0 Å². The maximum Gasteiger partial charge on any atom is 0.156 e. The molecule has 2 aliphatic rings. The van der Waals surface area contributed by atoms with Gasteiger partial charge in [0.2, 0.25) is 0 Å². The number of nitrogens with zero attached hydrogens (tertiary/aromatic N) is 1. The highest BCUT2D eigenvalue weighted by atomic mass is 32.2. The Kier molecular flexibility index (Phi) is 6.56. The topological polar surface area (TPSA) is 58.6 Å². The molecule has 1 atom stereocenters. The number of thiol groups is 1. The van der Waals surface area contributed by atoms with E-state index in [1.807, 2.05) is 0 Å². The van der Waals surface area contributed by atoms with Gasteiger partial charge in [0.1, 0.15) is 5.37 Å². The van der Waals surface area contributed by atoms with Crippen LogP contribution in [0, 0.1) is 12.3 Å². The Bertz CT molecular complexity index is 318. The normalized spacial score (nSPS) is 22.8. The first-order chi connectivity index (χ1) is 9.27. The largest absolute Gasteiger partial charge is 0.366 e. The molecular weight excluding hydrogens is 264 g/mol. The van der Waals surface area contributed by atoms with Crippen molar-refractivity contribution in [3.05, 3.63) is 6.42 Å². The molecule has 2 fully saturated rings. The number of rotatable bonds is 9. The first-order valence-electron chi connectivity index (χ1n) is 7.25. The lowest BCUT2D eigenvalue weighted by molar-refractivity contribution is 0.106. The van der Waals surface area contributed by atoms with E-state index in [9.17, 15) is 8.42 Å². The smallest absolute Gasteiger partial charge is 0.156 e. The molecule has 1 unspecified atom stereocenters. The molecule has 1 heterocycles. The second-order valence-electron chi connectivity index (χ2n) is 5.42. The zero-order valence-corrected chi connectivity index (χ0v) is 12.3. The van der Waals surface area contributed by atoms with Gasteiger partial charge in [-0.25, -0.2) is 8.42 Å². The Morgan fingerprint density at radius 3 is 2.68 bits per heavy atom. The van der Waals surface area contributed by atoms with Crippen LogP contribution in [0.2, 0.25) is 0 Å². The van der Waals surface area contributed by atoms with E-state index in [1.165, 1.54) is 12.8 Å². The minimum Gasteiger partial charge on any atom is -0.366 e. The average molecular weight is 289 g/mol. The van der Waals surface area contributed by atoms with Gasteiger partial charge in [0, 0.05) is 0 Å². The molecule has 6 heteroatoms. The van der Waals surface area contributed by atoms with Crippen LogP contribution in [-0.2, 0) is 15.4 Å². The van der Waals surface area contributed by atoms with Crippen molar-refractivity contribution in [2.75, 3.05) is 33.0 Å². The molecule has 2 rings (SSSR count). The van der Waals surface area contributed by atoms with Crippen molar-refractivity contribution in [3.8, 4) is 0 Å². The molecule has 1 aliphatic carbocycles. The Morgan fingerprint density at radius 1 is 1.32 bits per heavy atom. The van der Waals surface area contributed by atoms with Gasteiger partial charge in [-0.05, 0) is 64.1 Å². The summed E-state index contributed by atoms with van der Waals surface area (Å²) in [5, 5.41) is 2.85. The van der Waals surface area contributed by atoms with Gasteiger partial charge in [-0.1, -0.05) is 0 Å². The highest BCUT2D eigenvalue weighted by Crippen LogP contribution is 2.28. The summed E-state index contributed by atoms with van der Waals surface area (Å²) in [5.41, 5.74) is 0. The minimum absolute atomic E-state index is 0.320. The summed E-state index contributed by atoms with van der Waals surface area (Å²) in [5.74, 6) is 0.773. The summed E-state index contributed by atoms with van der Waals surface area (Å²) in [6.07, 6.45) is 7.46. The number of likely N-dealkylation sites (tertiary alicyclic amines) is 1. The molecule has 5 nitrogen and oxygen atoms in total. The van der Waals surface area contributed by atoms with Gasteiger partial charge in [0.15, 0.2) is 10.7 Å². The van der Waals surface area contributed by atoms with Gasteiger partial charge in [-0.3, -0.25) is 10.2 Å². The van der Waals surface area contributed by atoms with E-state index in [0.717, 1.165) is 38.5 Å². The van der Waals surface area contributed by atoms with Crippen LogP contribution >= 0.6 is 0 Å². The van der Waals surface area contributed by atoms with Gasteiger partial charge >= 0.3 is 0 Å². The predicted molar refractivity (Wildman–Crippen MR) is 75.4 cm³/mol. The number of piperidine rings is 1. The Morgan fingerprint density at radius 2 is 2.05 bits per heavy atom. The van der Waals surface area contributed by atoms with E-state index in [0.29, 0.717) is 19.7 Å². The molecule has 0 aromatic heterocycles. The van der Waals surface area contributed by atoms with Crippen molar-refractivity contribution < 1.29 is 13.2 Å². The second-order valence-corrected chi connectivity index (χ2v) is 6.58. The molecule has 1 radical (unpaired) electrons. The third-order valence-electron chi connectivity index (χ3n) is 3.74. The molecule has 1 saturated heterocycles. The van der Waals surface area contributed by atoms with Crippen LogP contribution in [-0.4, -0.2) is 51.7 Å². The monoisotopic (exact) mass is 289 g/mol.